The second kappa shape index (κ2) is 6.22. The van der Waals surface area contributed by atoms with E-state index in [9.17, 15) is 4.79 Å². The van der Waals surface area contributed by atoms with Crippen LogP contribution in [0.3, 0.4) is 0 Å². The molecule has 3 N–H and O–H groups in total. The molecule has 0 fully saturated rings. The smallest absolute Gasteiger partial charge is 0.263 e. The van der Waals surface area contributed by atoms with Crippen molar-refractivity contribution in [2.24, 2.45) is 5.10 Å². The molecule has 0 saturated heterocycles. The molecule has 116 valence electrons. The zero-order valence-corrected chi connectivity index (χ0v) is 12.5. The Morgan fingerprint density at radius 2 is 2.04 bits per heavy atom. The minimum Gasteiger partial charge on any atom is -0.365 e. The van der Waals surface area contributed by atoms with Crippen LogP contribution < -0.4 is 11.2 Å². The number of nitrogen functional groups attached to an aromatic ring is 1. The van der Waals surface area contributed by atoms with Gasteiger partial charge < -0.3 is 5.73 Å². The van der Waals surface area contributed by atoms with E-state index in [1.165, 1.54) is 0 Å². The molecule has 1 aromatic heterocycles. The quantitative estimate of drug-likeness (QED) is 0.550. The second-order valence-corrected chi connectivity index (χ2v) is 4.97. The summed E-state index contributed by atoms with van der Waals surface area (Å²) in [6.07, 6.45) is 0. The number of rotatable bonds is 4. The van der Waals surface area contributed by atoms with Crippen molar-refractivity contribution in [2.45, 2.75) is 13.5 Å². The number of fused-ring (bicyclic) bond motifs is 1. The van der Waals surface area contributed by atoms with Crippen LogP contribution >= 0.6 is 0 Å². The van der Waals surface area contributed by atoms with Crippen molar-refractivity contribution in [2.75, 3.05) is 5.73 Å². The standard InChI is InChI=1S/C15H15N7O/c1-10(12-7-6-11-4-2-3-5-13(11)8-12)17-18-14(23)9-22-20-15(16)19-21-22/h2-8H,9H2,1H3,(H2,16,20)(H,18,23)/b17-10+. The molecule has 0 aliphatic heterocycles. The average Bonchev–Trinajstić information content (AvgIpc) is 2.97. The Bertz CT molecular complexity index is 884. The molecule has 0 aliphatic carbocycles. The predicted molar refractivity (Wildman–Crippen MR) is 86.5 cm³/mol. The molecule has 3 rings (SSSR count). The number of hydrogen-bond acceptors (Lipinski definition) is 6. The normalized spacial score (nSPS) is 11.6. The van der Waals surface area contributed by atoms with Crippen LogP contribution in [0.1, 0.15) is 12.5 Å². The van der Waals surface area contributed by atoms with Crippen LogP contribution in [0.25, 0.3) is 10.8 Å². The fourth-order valence-electron chi connectivity index (χ4n) is 2.11. The second-order valence-electron chi connectivity index (χ2n) is 4.97. The zero-order chi connectivity index (χ0) is 16.2. The van der Waals surface area contributed by atoms with Crippen molar-refractivity contribution in [1.82, 2.24) is 25.6 Å². The summed E-state index contributed by atoms with van der Waals surface area (Å²) >= 11 is 0. The molecule has 1 heterocycles. The van der Waals surface area contributed by atoms with Crippen LogP contribution in [-0.2, 0) is 11.3 Å². The fraction of sp³-hybridized carbons (Fsp3) is 0.133. The van der Waals surface area contributed by atoms with Gasteiger partial charge in [-0.05, 0) is 34.5 Å². The van der Waals surface area contributed by atoms with Gasteiger partial charge in [0.05, 0.1) is 5.71 Å². The van der Waals surface area contributed by atoms with E-state index in [4.69, 9.17) is 5.73 Å². The highest BCUT2D eigenvalue weighted by Gasteiger charge is 2.06. The maximum atomic E-state index is 11.8. The van der Waals surface area contributed by atoms with Crippen molar-refractivity contribution in [3.8, 4) is 0 Å². The van der Waals surface area contributed by atoms with Gasteiger partial charge in [-0.25, -0.2) is 5.43 Å². The Hall–Kier alpha value is -3.29. The molecular formula is C15H15N7O. The summed E-state index contributed by atoms with van der Waals surface area (Å²) in [5.74, 6) is -0.337. The Morgan fingerprint density at radius 3 is 2.78 bits per heavy atom. The van der Waals surface area contributed by atoms with Gasteiger partial charge in [0.2, 0.25) is 0 Å². The lowest BCUT2D eigenvalue weighted by molar-refractivity contribution is -0.122. The predicted octanol–water partition coefficient (Wildman–Crippen LogP) is 0.949. The molecule has 23 heavy (non-hydrogen) atoms. The van der Waals surface area contributed by atoms with Gasteiger partial charge in [0.1, 0.15) is 6.54 Å². The molecule has 2 aromatic carbocycles. The third kappa shape index (κ3) is 3.49. The third-order valence-electron chi connectivity index (χ3n) is 3.27. The number of nitrogens with zero attached hydrogens (tertiary/aromatic N) is 5. The van der Waals surface area contributed by atoms with E-state index in [1.54, 1.807) is 0 Å². The van der Waals surface area contributed by atoms with Crippen LogP contribution in [-0.4, -0.2) is 31.8 Å². The van der Waals surface area contributed by atoms with Crippen LogP contribution in [0.15, 0.2) is 47.6 Å². The average molecular weight is 309 g/mol. The summed E-state index contributed by atoms with van der Waals surface area (Å²) in [7, 11) is 0. The van der Waals surface area contributed by atoms with Gasteiger partial charge in [-0.2, -0.15) is 9.90 Å². The first kappa shape index (κ1) is 14.6. The first-order valence-electron chi connectivity index (χ1n) is 6.97. The lowest BCUT2D eigenvalue weighted by Crippen LogP contribution is -2.25. The number of tetrazole rings is 1. The molecule has 3 aromatic rings. The first-order chi connectivity index (χ1) is 11.1. The molecule has 0 bridgehead atoms. The number of carbonyl (C=O) groups excluding carboxylic acids is 1. The van der Waals surface area contributed by atoms with Gasteiger partial charge in [-0.3, -0.25) is 4.79 Å². The molecular weight excluding hydrogens is 294 g/mol. The van der Waals surface area contributed by atoms with E-state index in [2.05, 4.69) is 25.9 Å². The lowest BCUT2D eigenvalue weighted by Gasteiger charge is -2.04. The Labute approximate surface area is 132 Å². The molecule has 0 atom stereocenters. The maximum Gasteiger partial charge on any atom is 0.263 e. The number of benzene rings is 2. The summed E-state index contributed by atoms with van der Waals surface area (Å²) in [4.78, 5) is 12.9. The number of hydrazone groups is 1. The monoisotopic (exact) mass is 309 g/mol. The molecule has 0 unspecified atom stereocenters. The number of aromatic nitrogens is 4. The third-order valence-corrected chi connectivity index (χ3v) is 3.27. The van der Waals surface area contributed by atoms with Crippen molar-refractivity contribution < 1.29 is 4.79 Å². The number of hydrogen-bond donors (Lipinski definition) is 2. The van der Waals surface area contributed by atoms with Crippen molar-refractivity contribution in [1.29, 1.82) is 0 Å². The molecule has 0 aliphatic rings. The summed E-state index contributed by atoms with van der Waals surface area (Å²) in [5.41, 5.74) is 9.44. The van der Waals surface area contributed by atoms with Gasteiger partial charge in [0.15, 0.2) is 0 Å². The highest BCUT2D eigenvalue weighted by Crippen LogP contribution is 2.16. The van der Waals surface area contributed by atoms with Crippen LogP contribution in [0, 0.1) is 0 Å². The maximum absolute atomic E-state index is 11.8. The van der Waals surface area contributed by atoms with Crippen LogP contribution in [0.5, 0.6) is 0 Å². The molecule has 0 radical (unpaired) electrons. The van der Waals surface area contributed by atoms with Crippen molar-refractivity contribution in [3.63, 3.8) is 0 Å². The minimum atomic E-state index is -0.359. The van der Waals surface area contributed by atoms with E-state index in [1.807, 2.05) is 49.4 Å². The zero-order valence-electron chi connectivity index (χ0n) is 12.5. The Balaban J connectivity index is 1.69. The first-order valence-corrected chi connectivity index (χ1v) is 6.97. The number of nitrogens with one attached hydrogen (secondary N) is 1. The SMILES string of the molecule is C/C(=N\NC(=O)Cn1nnc(N)n1)c1ccc2ccccc2c1. The number of anilines is 1. The van der Waals surface area contributed by atoms with E-state index in [-0.39, 0.29) is 18.4 Å². The summed E-state index contributed by atoms with van der Waals surface area (Å²) < 4.78 is 0. The van der Waals surface area contributed by atoms with Gasteiger partial charge in [-0.1, -0.05) is 41.5 Å². The number of carbonyl (C=O) groups is 1. The van der Waals surface area contributed by atoms with E-state index in [0.29, 0.717) is 5.71 Å². The molecule has 8 nitrogen and oxygen atoms in total. The summed E-state index contributed by atoms with van der Waals surface area (Å²) in [6.45, 7) is 1.73. The van der Waals surface area contributed by atoms with Crippen LogP contribution in [0.4, 0.5) is 5.95 Å². The van der Waals surface area contributed by atoms with Gasteiger partial charge in [0.25, 0.3) is 11.9 Å². The van der Waals surface area contributed by atoms with Crippen molar-refractivity contribution >= 4 is 28.3 Å². The van der Waals surface area contributed by atoms with Gasteiger partial charge in [-0.15, -0.1) is 5.10 Å². The Kier molecular flexibility index (Phi) is 3.96. The molecule has 0 saturated carbocycles. The fourth-order valence-corrected chi connectivity index (χ4v) is 2.11. The molecule has 8 heteroatoms. The van der Waals surface area contributed by atoms with Crippen molar-refractivity contribution in [3.05, 3.63) is 48.0 Å². The number of amides is 1. The van der Waals surface area contributed by atoms with Gasteiger partial charge in [0, 0.05) is 0 Å². The molecule has 0 spiro atoms. The van der Waals surface area contributed by atoms with Gasteiger partial charge >= 0.3 is 0 Å². The highest BCUT2D eigenvalue weighted by atomic mass is 16.2. The minimum absolute atomic E-state index is 0.0219. The number of nitrogens with two attached hydrogens (primary N) is 1. The highest BCUT2D eigenvalue weighted by molar-refractivity contribution is 6.02. The molecule has 1 amide bonds. The van der Waals surface area contributed by atoms with E-state index >= 15 is 0 Å². The van der Waals surface area contributed by atoms with E-state index in [0.717, 1.165) is 21.1 Å². The van der Waals surface area contributed by atoms with Crippen LogP contribution in [0.2, 0.25) is 0 Å². The Morgan fingerprint density at radius 1 is 1.26 bits per heavy atom. The van der Waals surface area contributed by atoms with E-state index < -0.39 is 0 Å². The summed E-state index contributed by atoms with van der Waals surface area (Å²) in [6, 6.07) is 14.1. The topological polar surface area (TPSA) is 111 Å². The largest absolute Gasteiger partial charge is 0.365 e. The lowest BCUT2D eigenvalue weighted by atomic mass is 10.0. The summed E-state index contributed by atoms with van der Waals surface area (Å²) in [5, 5.41) is 17.2.